The van der Waals surface area contributed by atoms with Gasteiger partial charge in [-0.05, 0) is 31.5 Å². The summed E-state index contributed by atoms with van der Waals surface area (Å²) in [5, 5.41) is 3.41. The summed E-state index contributed by atoms with van der Waals surface area (Å²) in [4.78, 5) is 18.4. The van der Waals surface area contributed by atoms with Crippen LogP contribution >= 0.6 is 0 Å². The van der Waals surface area contributed by atoms with Gasteiger partial charge in [0.2, 0.25) is 5.88 Å². The number of rotatable bonds is 5. The van der Waals surface area contributed by atoms with E-state index in [0.717, 1.165) is 38.3 Å². The van der Waals surface area contributed by atoms with Crippen LogP contribution in [0.3, 0.4) is 0 Å². The van der Waals surface area contributed by atoms with Crippen LogP contribution in [0.2, 0.25) is 0 Å². The van der Waals surface area contributed by atoms with E-state index in [1.165, 1.54) is 14.2 Å². The number of carbonyl (C=O) groups excluding carboxylic acids is 1. The minimum absolute atomic E-state index is 0.290. The summed E-state index contributed by atoms with van der Waals surface area (Å²) in [5.41, 5.74) is 0.339. The Morgan fingerprint density at radius 3 is 2.67 bits per heavy atom. The number of piperidine rings is 1. The van der Waals surface area contributed by atoms with Crippen molar-refractivity contribution in [2.45, 2.75) is 25.8 Å². The van der Waals surface area contributed by atoms with Crippen LogP contribution < -0.4 is 10.1 Å². The van der Waals surface area contributed by atoms with Gasteiger partial charge < -0.3 is 19.7 Å². The molecule has 2 heterocycles. The summed E-state index contributed by atoms with van der Waals surface area (Å²) in [5.74, 6) is 0.578. The number of hydrogen-bond donors (Lipinski definition) is 1. The van der Waals surface area contributed by atoms with Crippen molar-refractivity contribution in [3.05, 3.63) is 17.7 Å². The second kappa shape index (κ2) is 7.26. The Kier molecular flexibility index (Phi) is 5.38. The topological polar surface area (TPSA) is 63.7 Å². The lowest BCUT2D eigenvalue weighted by Gasteiger charge is -2.31. The number of ether oxygens (including phenoxy) is 2. The van der Waals surface area contributed by atoms with E-state index in [1.54, 1.807) is 12.1 Å². The fourth-order valence-corrected chi connectivity index (χ4v) is 2.54. The number of nitrogens with one attached hydrogen (secondary N) is 1. The molecule has 1 N–H and O–H groups in total. The number of nitrogens with zero attached hydrogens (tertiary/aromatic N) is 2. The molecule has 6 nitrogen and oxygen atoms in total. The van der Waals surface area contributed by atoms with Gasteiger partial charge in [-0.1, -0.05) is 6.92 Å². The Morgan fingerprint density at radius 1 is 1.38 bits per heavy atom. The molecule has 6 heteroatoms. The first-order valence-corrected chi connectivity index (χ1v) is 7.30. The third-order valence-corrected chi connectivity index (χ3v) is 3.85. The molecule has 0 radical (unpaired) electrons. The lowest BCUT2D eigenvalue weighted by molar-refractivity contribution is 0.0596. The van der Waals surface area contributed by atoms with Crippen molar-refractivity contribution in [2.75, 3.05) is 39.2 Å². The molecule has 116 valence electrons. The molecule has 1 aromatic rings. The molecule has 0 atom stereocenters. The number of pyridine rings is 1. The van der Waals surface area contributed by atoms with Crippen LogP contribution in [0, 0.1) is 0 Å². The average Bonchev–Trinajstić information content (AvgIpc) is 2.54. The van der Waals surface area contributed by atoms with Crippen LogP contribution in [0.1, 0.15) is 30.1 Å². The normalized spacial score (nSPS) is 16.5. The van der Waals surface area contributed by atoms with E-state index in [4.69, 9.17) is 9.47 Å². The highest BCUT2D eigenvalue weighted by Crippen LogP contribution is 2.21. The van der Waals surface area contributed by atoms with Gasteiger partial charge in [0.05, 0.1) is 14.2 Å². The quantitative estimate of drug-likeness (QED) is 0.835. The molecule has 0 amide bonds. The summed E-state index contributed by atoms with van der Waals surface area (Å²) in [6.45, 7) is 5.50. The number of aromatic nitrogens is 1. The first-order chi connectivity index (χ1) is 10.2. The van der Waals surface area contributed by atoms with Gasteiger partial charge in [0, 0.05) is 19.1 Å². The summed E-state index contributed by atoms with van der Waals surface area (Å²) in [6, 6.07) is 3.89. The Labute approximate surface area is 125 Å². The molecule has 1 aliphatic heterocycles. The maximum absolute atomic E-state index is 11.6. The van der Waals surface area contributed by atoms with Crippen LogP contribution in [0.4, 0.5) is 5.82 Å². The molecule has 1 saturated heterocycles. The van der Waals surface area contributed by atoms with Crippen molar-refractivity contribution in [3.8, 4) is 5.88 Å². The van der Waals surface area contributed by atoms with E-state index in [2.05, 4.69) is 22.1 Å². The number of esters is 1. The molecule has 1 aliphatic rings. The van der Waals surface area contributed by atoms with Gasteiger partial charge >= 0.3 is 5.97 Å². The van der Waals surface area contributed by atoms with Gasteiger partial charge in [-0.3, -0.25) is 0 Å². The Morgan fingerprint density at radius 2 is 2.10 bits per heavy atom. The molecular formula is C15H23N3O3. The van der Waals surface area contributed by atoms with Crippen LogP contribution in [0.15, 0.2) is 12.1 Å². The van der Waals surface area contributed by atoms with Gasteiger partial charge in [0.1, 0.15) is 11.4 Å². The minimum atomic E-state index is -0.442. The molecule has 0 spiro atoms. The smallest absolute Gasteiger partial charge is 0.343 e. The second-order valence-corrected chi connectivity index (χ2v) is 5.10. The van der Waals surface area contributed by atoms with Crippen molar-refractivity contribution >= 4 is 11.8 Å². The zero-order valence-corrected chi connectivity index (χ0v) is 12.9. The Bertz CT molecular complexity index is 485. The summed E-state index contributed by atoms with van der Waals surface area (Å²) >= 11 is 0. The van der Waals surface area contributed by atoms with Crippen molar-refractivity contribution in [1.82, 2.24) is 9.88 Å². The third-order valence-electron chi connectivity index (χ3n) is 3.85. The van der Waals surface area contributed by atoms with Crippen molar-refractivity contribution in [1.29, 1.82) is 0 Å². The molecular weight excluding hydrogens is 270 g/mol. The molecule has 1 fully saturated rings. The van der Waals surface area contributed by atoms with Crippen LogP contribution in [0.5, 0.6) is 5.88 Å². The maximum atomic E-state index is 11.6. The van der Waals surface area contributed by atoms with Crippen LogP contribution in [0.25, 0.3) is 0 Å². The SMILES string of the molecule is CCN1CCC(Nc2ccc(C(=O)OC)c(OC)n2)CC1. The molecule has 0 aliphatic carbocycles. The monoisotopic (exact) mass is 293 g/mol. The fraction of sp³-hybridized carbons (Fsp3) is 0.600. The molecule has 2 rings (SSSR count). The third kappa shape index (κ3) is 3.85. The molecule has 0 aromatic carbocycles. The second-order valence-electron chi connectivity index (χ2n) is 5.10. The Hall–Kier alpha value is -1.82. The van der Waals surface area contributed by atoms with Crippen molar-refractivity contribution < 1.29 is 14.3 Å². The van der Waals surface area contributed by atoms with Crippen LogP contribution in [-0.2, 0) is 4.74 Å². The predicted molar refractivity (Wildman–Crippen MR) is 80.9 cm³/mol. The van der Waals surface area contributed by atoms with Gasteiger partial charge in [-0.25, -0.2) is 4.79 Å². The largest absolute Gasteiger partial charge is 0.480 e. The van der Waals surface area contributed by atoms with E-state index in [1.807, 2.05) is 0 Å². The molecule has 1 aromatic heterocycles. The highest BCUT2D eigenvalue weighted by atomic mass is 16.5. The van der Waals surface area contributed by atoms with E-state index in [0.29, 0.717) is 11.6 Å². The lowest BCUT2D eigenvalue weighted by atomic mass is 10.1. The van der Waals surface area contributed by atoms with Gasteiger partial charge in [0.25, 0.3) is 0 Å². The summed E-state index contributed by atoms with van der Waals surface area (Å²) < 4.78 is 9.88. The summed E-state index contributed by atoms with van der Waals surface area (Å²) in [6.07, 6.45) is 2.19. The van der Waals surface area contributed by atoms with Crippen molar-refractivity contribution in [3.63, 3.8) is 0 Å². The van der Waals surface area contributed by atoms with E-state index < -0.39 is 5.97 Å². The fourth-order valence-electron chi connectivity index (χ4n) is 2.54. The van der Waals surface area contributed by atoms with Gasteiger partial charge in [-0.15, -0.1) is 0 Å². The van der Waals surface area contributed by atoms with Gasteiger partial charge in [-0.2, -0.15) is 4.98 Å². The molecule has 0 saturated carbocycles. The van der Waals surface area contributed by atoms with Crippen molar-refractivity contribution in [2.24, 2.45) is 0 Å². The summed E-state index contributed by atoms with van der Waals surface area (Å²) in [7, 11) is 2.84. The zero-order chi connectivity index (χ0) is 15.2. The Balaban J connectivity index is 2.03. The highest BCUT2D eigenvalue weighted by Gasteiger charge is 2.19. The standard InChI is InChI=1S/C15H23N3O3/c1-4-18-9-7-11(8-10-18)16-13-6-5-12(15(19)21-3)14(17-13)20-2/h5-6,11H,4,7-10H2,1-3H3,(H,16,17). The van der Waals surface area contributed by atoms with E-state index in [-0.39, 0.29) is 5.88 Å². The average molecular weight is 293 g/mol. The van der Waals surface area contributed by atoms with E-state index in [9.17, 15) is 4.79 Å². The molecule has 21 heavy (non-hydrogen) atoms. The van der Waals surface area contributed by atoms with E-state index >= 15 is 0 Å². The number of carbonyl (C=O) groups is 1. The number of anilines is 1. The number of hydrogen-bond acceptors (Lipinski definition) is 6. The number of likely N-dealkylation sites (tertiary alicyclic amines) is 1. The number of methoxy groups -OCH3 is 2. The lowest BCUT2D eigenvalue weighted by Crippen LogP contribution is -2.39. The minimum Gasteiger partial charge on any atom is -0.480 e. The highest BCUT2D eigenvalue weighted by molar-refractivity contribution is 5.92. The zero-order valence-electron chi connectivity index (χ0n) is 12.9. The van der Waals surface area contributed by atoms with Gasteiger partial charge in [0.15, 0.2) is 0 Å². The first kappa shape index (κ1) is 15.6. The predicted octanol–water partition coefficient (Wildman–Crippen LogP) is 1.77. The maximum Gasteiger partial charge on any atom is 0.343 e. The van der Waals surface area contributed by atoms with Crippen LogP contribution in [-0.4, -0.2) is 55.7 Å². The first-order valence-electron chi connectivity index (χ1n) is 7.30. The molecule has 0 unspecified atom stereocenters. The molecule has 0 bridgehead atoms.